The van der Waals surface area contributed by atoms with Crippen LogP contribution in [-0.4, -0.2) is 50.0 Å². The standard InChI is InChI=1S/C26H27F2N5O2/c1-32-7-6-14(8-25(32)35)17-11-23(34)18(10-19(17)27)21-12-30-24(13-29-21)33(16-3-4-16)22-9-15-2-5-20(31-15)26(22)28/h6-8,10-13,15-16,20,22,26,31,34H,2-5,9H2,1H3/t15-,20+,22?,26?/m1/s1. The number of aromatic nitrogens is 3. The number of fused-ring (bicyclic) bond motifs is 2. The Kier molecular flexibility index (Phi) is 5.32. The van der Waals surface area contributed by atoms with Crippen LogP contribution in [-0.2, 0) is 7.05 Å². The Morgan fingerprint density at radius 1 is 1.11 bits per heavy atom. The van der Waals surface area contributed by atoms with E-state index in [1.165, 1.54) is 29.0 Å². The van der Waals surface area contributed by atoms with E-state index in [0.29, 0.717) is 23.1 Å². The molecule has 2 aromatic heterocycles. The molecule has 4 heterocycles. The minimum Gasteiger partial charge on any atom is -0.507 e. The molecule has 2 bridgehead atoms. The number of phenols is 1. The number of aromatic hydroxyl groups is 1. The van der Waals surface area contributed by atoms with Gasteiger partial charge in [-0.3, -0.25) is 9.78 Å². The molecule has 9 heteroatoms. The number of nitrogens with zero attached hydrogens (tertiary/aromatic N) is 4. The van der Waals surface area contributed by atoms with Gasteiger partial charge < -0.3 is 19.9 Å². The quantitative estimate of drug-likeness (QED) is 0.583. The molecule has 1 aliphatic carbocycles. The lowest BCUT2D eigenvalue weighted by molar-refractivity contribution is 0.171. The molecule has 2 unspecified atom stereocenters. The highest BCUT2D eigenvalue weighted by atomic mass is 19.1. The molecule has 3 fully saturated rings. The first-order valence-corrected chi connectivity index (χ1v) is 12.1. The van der Waals surface area contributed by atoms with Crippen LogP contribution < -0.4 is 15.8 Å². The highest BCUT2D eigenvalue weighted by molar-refractivity contribution is 5.74. The third-order valence-corrected chi connectivity index (χ3v) is 7.53. The predicted octanol–water partition coefficient (Wildman–Crippen LogP) is 3.55. The maximum atomic E-state index is 15.3. The molecule has 3 aliphatic rings. The topological polar surface area (TPSA) is 83.3 Å². The highest BCUT2D eigenvalue weighted by Crippen LogP contribution is 2.40. The van der Waals surface area contributed by atoms with E-state index in [0.717, 1.165) is 32.1 Å². The monoisotopic (exact) mass is 479 g/mol. The molecule has 0 amide bonds. The summed E-state index contributed by atoms with van der Waals surface area (Å²) in [4.78, 5) is 23.1. The second-order valence-electron chi connectivity index (χ2n) is 9.91. The van der Waals surface area contributed by atoms with E-state index >= 15 is 4.39 Å². The lowest BCUT2D eigenvalue weighted by Crippen LogP contribution is -2.57. The number of pyridine rings is 1. The van der Waals surface area contributed by atoms with Crippen molar-refractivity contribution >= 4 is 5.82 Å². The Bertz CT molecular complexity index is 1320. The smallest absolute Gasteiger partial charge is 0.250 e. The number of aryl methyl sites for hydroxylation is 1. The Labute approximate surface area is 201 Å². The summed E-state index contributed by atoms with van der Waals surface area (Å²) in [5.74, 6) is -0.133. The van der Waals surface area contributed by atoms with E-state index in [-0.39, 0.29) is 40.6 Å². The summed E-state index contributed by atoms with van der Waals surface area (Å²) in [6, 6.07) is 5.71. The fourth-order valence-electron chi connectivity index (χ4n) is 5.52. The molecule has 35 heavy (non-hydrogen) atoms. The van der Waals surface area contributed by atoms with Crippen molar-refractivity contribution in [1.29, 1.82) is 0 Å². The minimum absolute atomic E-state index is 0.101. The van der Waals surface area contributed by atoms with Crippen molar-refractivity contribution in [2.24, 2.45) is 7.05 Å². The molecule has 2 saturated heterocycles. The SMILES string of the molecule is Cn1ccc(-c2cc(O)c(-c3cnc(N(C4CC4)C4C[C@H]5CC[C@H](N5)C4F)cn3)cc2F)cc1=O. The summed E-state index contributed by atoms with van der Waals surface area (Å²) in [5.41, 5.74) is 0.757. The van der Waals surface area contributed by atoms with Crippen LogP contribution in [0.4, 0.5) is 14.6 Å². The fourth-order valence-corrected chi connectivity index (χ4v) is 5.52. The summed E-state index contributed by atoms with van der Waals surface area (Å²) in [7, 11) is 1.61. The van der Waals surface area contributed by atoms with E-state index in [1.807, 2.05) is 0 Å². The van der Waals surface area contributed by atoms with Gasteiger partial charge in [-0.15, -0.1) is 0 Å². The largest absolute Gasteiger partial charge is 0.507 e. The molecule has 3 aromatic rings. The van der Waals surface area contributed by atoms with E-state index < -0.39 is 12.0 Å². The minimum atomic E-state index is -0.962. The van der Waals surface area contributed by atoms with Crippen LogP contribution in [0.3, 0.4) is 0 Å². The Hall–Kier alpha value is -3.33. The second kappa shape index (κ2) is 8.41. The van der Waals surface area contributed by atoms with Gasteiger partial charge in [0.05, 0.1) is 24.1 Å². The summed E-state index contributed by atoms with van der Waals surface area (Å²) in [6.45, 7) is 0. The Morgan fingerprint density at radius 2 is 1.94 bits per heavy atom. The summed E-state index contributed by atoms with van der Waals surface area (Å²) >= 11 is 0. The van der Waals surface area contributed by atoms with Gasteiger partial charge in [-0.2, -0.15) is 0 Å². The molecule has 4 atom stereocenters. The van der Waals surface area contributed by atoms with E-state index in [4.69, 9.17) is 0 Å². The van der Waals surface area contributed by atoms with E-state index in [2.05, 4.69) is 20.2 Å². The zero-order valence-electron chi connectivity index (χ0n) is 19.4. The molecular formula is C26H27F2N5O2. The fraction of sp³-hybridized carbons (Fsp3) is 0.423. The molecule has 6 rings (SSSR count). The van der Waals surface area contributed by atoms with Gasteiger partial charge in [0, 0.05) is 48.6 Å². The van der Waals surface area contributed by atoms with Gasteiger partial charge in [0.1, 0.15) is 23.6 Å². The van der Waals surface area contributed by atoms with Crippen LogP contribution in [0.2, 0.25) is 0 Å². The lowest BCUT2D eigenvalue weighted by Gasteiger charge is -2.41. The van der Waals surface area contributed by atoms with Crippen LogP contribution in [0.5, 0.6) is 5.75 Å². The number of nitrogens with one attached hydrogen (secondary N) is 1. The van der Waals surface area contributed by atoms with Crippen LogP contribution >= 0.6 is 0 Å². The molecule has 1 saturated carbocycles. The number of rotatable bonds is 5. The van der Waals surface area contributed by atoms with Crippen molar-refractivity contribution in [1.82, 2.24) is 19.9 Å². The predicted molar refractivity (Wildman–Crippen MR) is 129 cm³/mol. The molecule has 2 aliphatic heterocycles. The Balaban J connectivity index is 1.29. The van der Waals surface area contributed by atoms with Crippen molar-refractivity contribution in [3.05, 3.63) is 59.0 Å². The third kappa shape index (κ3) is 3.97. The van der Waals surface area contributed by atoms with Crippen molar-refractivity contribution in [3.63, 3.8) is 0 Å². The zero-order valence-corrected chi connectivity index (χ0v) is 19.4. The molecule has 0 spiro atoms. The van der Waals surface area contributed by atoms with Crippen molar-refractivity contribution in [2.75, 3.05) is 4.90 Å². The number of alkyl halides is 1. The van der Waals surface area contributed by atoms with Gasteiger partial charge >= 0.3 is 0 Å². The maximum absolute atomic E-state index is 15.3. The Morgan fingerprint density at radius 3 is 2.66 bits per heavy atom. The van der Waals surface area contributed by atoms with Gasteiger partial charge in [-0.1, -0.05) is 0 Å². The average Bonchev–Trinajstić information content (AvgIpc) is 3.60. The summed E-state index contributed by atoms with van der Waals surface area (Å²) < 4.78 is 31.7. The van der Waals surface area contributed by atoms with Crippen LogP contribution in [0.25, 0.3) is 22.4 Å². The molecule has 2 N–H and O–H groups in total. The van der Waals surface area contributed by atoms with Gasteiger partial charge in [0.2, 0.25) is 0 Å². The van der Waals surface area contributed by atoms with Crippen molar-refractivity contribution < 1.29 is 13.9 Å². The molecule has 1 aromatic carbocycles. The number of hydrogen-bond acceptors (Lipinski definition) is 6. The zero-order chi connectivity index (χ0) is 24.3. The van der Waals surface area contributed by atoms with E-state index in [9.17, 15) is 14.3 Å². The maximum Gasteiger partial charge on any atom is 0.250 e. The number of phenolic OH excluding ortho intramolecular Hbond substituents is 1. The first kappa shape index (κ1) is 22.2. The van der Waals surface area contributed by atoms with Crippen molar-refractivity contribution in [3.8, 4) is 28.1 Å². The van der Waals surface area contributed by atoms with Crippen LogP contribution in [0.1, 0.15) is 32.1 Å². The number of hydrogen-bond donors (Lipinski definition) is 2. The average molecular weight is 480 g/mol. The molecule has 0 radical (unpaired) electrons. The van der Waals surface area contributed by atoms with Gasteiger partial charge in [-0.05, 0) is 55.9 Å². The number of halogens is 2. The van der Waals surface area contributed by atoms with Crippen LogP contribution in [0, 0.1) is 5.82 Å². The highest BCUT2D eigenvalue weighted by Gasteiger charge is 2.48. The first-order chi connectivity index (χ1) is 16.9. The molecular weight excluding hydrogens is 452 g/mol. The third-order valence-electron chi connectivity index (χ3n) is 7.53. The normalized spacial score (nSPS) is 25.6. The van der Waals surface area contributed by atoms with Crippen molar-refractivity contribution in [2.45, 2.75) is 62.4 Å². The lowest BCUT2D eigenvalue weighted by atomic mass is 9.96. The van der Waals surface area contributed by atoms with Gasteiger partial charge in [-0.25, -0.2) is 13.8 Å². The first-order valence-electron chi connectivity index (χ1n) is 12.1. The van der Waals surface area contributed by atoms with Gasteiger partial charge in [0.25, 0.3) is 5.56 Å². The number of anilines is 1. The molecule has 7 nitrogen and oxygen atoms in total. The van der Waals surface area contributed by atoms with Gasteiger partial charge in [0.15, 0.2) is 0 Å². The summed E-state index contributed by atoms with van der Waals surface area (Å²) in [5, 5.41) is 14.0. The second-order valence-corrected chi connectivity index (χ2v) is 9.91. The summed E-state index contributed by atoms with van der Waals surface area (Å²) in [6.07, 6.45) is 8.30. The molecule has 182 valence electrons. The van der Waals surface area contributed by atoms with E-state index in [1.54, 1.807) is 25.5 Å². The van der Waals surface area contributed by atoms with Crippen LogP contribution in [0.15, 0.2) is 47.7 Å². The number of benzene rings is 1. The number of piperidine rings is 1.